The van der Waals surface area contributed by atoms with Gasteiger partial charge < -0.3 is 14.8 Å². The molecule has 0 aromatic heterocycles. The molecule has 1 atom stereocenters. The predicted molar refractivity (Wildman–Crippen MR) is 66.5 cm³/mol. The summed E-state index contributed by atoms with van der Waals surface area (Å²) in [6.07, 6.45) is 1.10. The lowest BCUT2D eigenvalue weighted by atomic mass is 9.96. The van der Waals surface area contributed by atoms with E-state index in [2.05, 4.69) is 18.3 Å². The molecule has 0 heterocycles. The highest BCUT2D eigenvalue weighted by molar-refractivity contribution is 5.42. The van der Waals surface area contributed by atoms with Gasteiger partial charge in [-0.25, -0.2) is 0 Å². The molecule has 0 aliphatic heterocycles. The maximum atomic E-state index is 5.39. The van der Waals surface area contributed by atoms with E-state index in [1.807, 2.05) is 19.2 Å². The predicted octanol–water partition coefficient (Wildman–Crippen LogP) is 2.42. The third kappa shape index (κ3) is 3.14. The Morgan fingerprint density at radius 3 is 2.56 bits per heavy atom. The van der Waals surface area contributed by atoms with E-state index in [4.69, 9.17) is 9.47 Å². The molecule has 0 aliphatic carbocycles. The molecule has 16 heavy (non-hydrogen) atoms. The number of benzene rings is 1. The topological polar surface area (TPSA) is 30.5 Å². The van der Waals surface area contributed by atoms with Crippen molar-refractivity contribution in [2.24, 2.45) is 0 Å². The van der Waals surface area contributed by atoms with Crippen LogP contribution >= 0.6 is 0 Å². The number of hydrogen-bond acceptors (Lipinski definition) is 3. The molecule has 3 nitrogen and oxygen atoms in total. The van der Waals surface area contributed by atoms with Gasteiger partial charge in [0, 0.05) is 6.07 Å². The van der Waals surface area contributed by atoms with E-state index < -0.39 is 0 Å². The molecule has 0 saturated carbocycles. The van der Waals surface area contributed by atoms with Crippen molar-refractivity contribution in [1.82, 2.24) is 5.32 Å². The molecule has 1 aromatic carbocycles. The molecule has 0 saturated heterocycles. The minimum atomic E-state index is 0.480. The molecule has 90 valence electrons. The van der Waals surface area contributed by atoms with Gasteiger partial charge in [-0.05, 0) is 37.6 Å². The van der Waals surface area contributed by atoms with E-state index in [1.165, 1.54) is 5.56 Å². The van der Waals surface area contributed by atoms with Crippen LogP contribution < -0.4 is 14.8 Å². The molecule has 0 radical (unpaired) electrons. The van der Waals surface area contributed by atoms with Crippen LogP contribution in [0.3, 0.4) is 0 Å². The molecule has 0 spiro atoms. The summed E-state index contributed by atoms with van der Waals surface area (Å²) in [4.78, 5) is 0. The number of nitrogens with one attached hydrogen (secondary N) is 1. The molecule has 1 rings (SSSR count). The first-order valence-corrected chi connectivity index (χ1v) is 5.59. The number of hydrogen-bond donors (Lipinski definition) is 1. The average molecular weight is 223 g/mol. The van der Waals surface area contributed by atoms with E-state index in [0.717, 1.165) is 24.5 Å². The molecular formula is C13H21NO2. The van der Waals surface area contributed by atoms with E-state index >= 15 is 0 Å². The first-order valence-electron chi connectivity index (χ1n) is 5.59. The first kappa shape index (κ1) is 12.8. The molecule has 0 aliphatic rings. The fraction of sp³-hybridized carbons (Fsp3) is 0.538. The summed E-state index contributed by atoms with van der Waals surface area (Å²) in [6.45, 7) is 3.22. The fourth-order valence-electron chi connectivity index (χ4n) is 1.74. The minimum Gasteiger partial charge on any atom is -0.497 e. The van der Waals surface area contributed by atoms with Gasteiger partial charge in [0.1, 0.15) is 11.5 Å². The van der Waals surface area contributed by atoms with Crippen LogP contribution in [0.5, 0.6) is 11.5 Å². The van der Waals surface area contributed by atoms with Gasteiger partial charge in [0.2, 0.25) is 0 Å². The average Bonchev–Trinajstić information content (AvgIpc) is 2.34. The van der Waals surface area contributed by atoms with Crippen LogP contribution in [0.1, 0.15) is 24.8 Å². The van der Waals surface area contributed by atoms with Gasteiger partial charge in [0.05, 0.1) is 14.2 Å². The van der Waals surface area contributed by atoms with Crippen molar-refractivity contribution < 1.29 is 9.47 Å². The van der Waals surface area contributed by atoms with Gasteiger partial charge in [0.25, 0.3) is 0 Å². The lowest BCUT2D eigenvalue weighted by molar-refractivity contribution is 0.388. The highest BCUT2D eigenvalue weighted by Crippen LogP contribution is 2.31. The zero-order valence-electron chi connectivity index (χ0n) is 10.5. The summed E-state index contributed by atoms with van der Waals surface area (Å²) >= 11 is 0. The zero-order chi connectivity index (χ0) is 12.0. The van der Waals surface area contributed by atoms with E-state index in [-0.39, 0.29) is 0 Å². The van der Waals surface area contributed by atoms with E-state index in [1.54, 1.807) is 14.2 Å². The summed E-state index contributed by atoms with van der Waals surface area (Å²) in [5, 5.41) is 3.16. The third-order valence-corrected chi connectivity index (χ3v) is 2.80. The third-order valence-electron chi connectivity index (χ3n) is 2.80. The highest BCUT2D eigenvalue weighted by Gasteiger charge is 2.11. The van der Waals surface area contributed by atoms with Crippen LogP contribution in [0.25, 0.3) is 0 Å². The number of methoxy groups -OCH3 is 2. The Labute approximate surface area is 97.8 Å². The normalized spacial score (nSPS) is 12.2. The van der Waals surface area contributed by atoms with Gasteiger partial charge in [-0.15, -0.1) is 0 Å². The Morgan fingerprint density at radius 2 is 2.00 bits per heavy atom. The van der Waals surface area contributed by atoms with Crippen molar-refractivity contribution in [2.75, 3.05) is 27.8 Å². The van der Waals surface area contributed by atoms with Crippen LogP contribution in [-0.2, 0) is 0 Å². The lowest BCUT2D eigenvalue weighted by Crippen LogP contribution is -2.11. The molecule has 0 amide bonds. The second kappa shape index (κ2) is 6.38. The molecule has 1 N–H and O–H groups in total. The van der Waals surface area contributed by atoms with Crippen molar-refractivity contribution in [3.05, 3.63) is 23.8 Å². The number of rotatable bonds is 6. The molecule has 0 fully saturated rings. The Morgan fingerprint density at radius 1 is 1.25 bits per heavy atom. The Kier molecular flexibility index (Phi) is 5.12. The maximum Gasteiger partial charge on any atom is 0.126 e. The fourth-order valence-corrected chi connectivity index (χ4v) is 1.74. The van der Waals surface area contributed by atoms with Crippen molar-refractivity contribution in [3.63, 3.8) is 0 Å². The Bertz CT molecular complexity index is 326. The lowest BCUT2D eigenvalue weighted by Gasteiger charge is -2.16. The second-order valence-corrected chi connectivity index (χ2v) is 3.90. The second-order valence-electron chi connectivity index (χ2n) is 3.90. The zero-order valence-corrected chi connectivity index (χ0v) is 10.5. The van der Waals surface area contributed by atoms with Gasteiger partial charge >= 0.3 is 0 Å². The maximum absolute atomic E-state index is 5.39. The summed E-state index contributed by atoms with van der Waals surface area (Å²) in [5.74, 6) is 2.22. The molecule has 0 bridgehead atoms. The minimum absolute atomic E-state index is 0.480. The van der Waals surface area contributed by atoms with Crippen molar-refractivity contribution in [3.8, 4) is 11.5 Å². The smallest absolute Gasteiger partial charge is 0.126 e. The quantitative estimate of drug-likeness (QED) is 0.803. The summed E-state index contributed by atoms with van der Waals surface area (Å²) in [7, 11) is 5.33. The molecule has 1 unspecified atom stereocenters. The van der Waals surface area contributed by atoms with Crippen LogP contribution in [0, 0.1) is 0 Å². The Hall–Kier alpha value is -1.22. The molecule has 3 heteroatoms. The van der Waals surface area contributed by atoms with Crippen molar-refractivity contribution in [2.45, 2.75) is 19.3 Å². The van der Waals surface area contributed by atoms with Gasteiger partial charge in [-0.3, -0.25) is 0 Å². The highest BCUT2D eigenvalue weighted by atomic mass is 16.5. The van der Waals surface area contributed by atoms with Crippen molar-refractivity contribution >= 4 is 0 Å². The van der Waals surface area contributed by atoms with Crippen LogP contribution in [-0.4, -0.2) is 27.8 Å². The SMILES string of the molecule is CNCCC(C)c1ccc(OC)cc1OC. The van der Waals surface area contributed by atoms with E-state index in [0.29, 0.717) is 5.92 Å². The standard InChI is InChI=1S/C13H21NO2/c1-10(7-8-14-2)12-6-5-11(15-3)9-13(12)16-4/h5-6,9-10,14H,7-8H2,1-4H3. The van der Waals surface area contributed by atoms with Crippen molar-refractivity contribution in [1.29, 1.82) is 0 Å². The number of ether oxygens (including phenoxy) is 2. The van der Waals surface area contributed by atoms with Crippen LogP contribution in [0.15, 0.2) is 18.2 Å². The first-order chi connectivity index (χ1) is 7.72. The largest absolute Gasteiger partial charge is 0.497 e. The Balaban J connectivity index is 2.85. The molecule has 1 aromatic rings. The summed E-state index contributed by atoms with van der Waals surface area (Å²) < 4.78 is 10.6. The summed E-state index contributed by atoms with van der Waals surface area (Å²) in [6, 6.07) is 6.00. The van der Waals surface area contributed by atoms with Gasteiger partial charge in [-0.2, -0.15) is 0 Å². The van der Waals surface area contributed by atoms with Gasteiger partial charge in [-0.1, -0.05) is 13.0 Å². The monoisotopic (exact) mass is 223 g/mol. The van der Waals surface area contributed by atoms with E-state index in [9.17, 15) is 0 Å². The van der Waals surface area contributed by atoms with Crippen LogP contribution in [0.4, 0.5) is 0 Å². The molecular weight excluding hydrogens is 202 g/mol. The van der Waals surface area contributed by atoms with Crippen LogP contribution in [0.2, 0.25) is 0 Å². The van der Waals surface area contributed by atoms with Gasteiger partial charge in [0.15, 0.2) is 0 Å². The summed E-state index contributed by atoms with van der Waals surface area (Å²) in [5.41, 5.74) is 1.23.